The molecule has 0 aliphatic rings. The second kappa shape index (κ2) is 84.1. The topological polar surface area (TPSA) is 397 Å². The Bertz CT molecular complexity index is 2520. The predicted octanol–water partition coefficient (Wildman–Crippen LogP) is 7.97. The van der Waals surface area contributed by atoms with E-state index in [1.165, 1.54) is 23.5 Å². The Hall–Kier alpha value is -4.50. The second-order valence-corrected chi connectivity index (χ2v) is 29.7. The Morgan fingerprint density at radius 3 is 0.586 bits per heavy atom. The number of thiol groups is 7. The zero-order valence-corrected chi connectivity index (χ0v) is 75.8. The molecular weight excluding hydrogens is 1700 g/mol. The molecule has 0 bridgehead atoms. The number of hydrogen-bond acceptors (Lipinski definition) is 41. The first-order valence-corrected chi connectivity index (χ1v) is 44.7. The van der Waals surface area contributed by atoms with Crippen LogP contribution in [-0.4, -0.2) is 306 Å². The minimum atomic E-state index is -0.849. The molecule has 674 valence electrons. The van der Waals surface area contributed by atoms with Gasteiger partial charge < -0.3 is 90.0 Å². The fraction of sp³-hybridized carbons (Fsp3) is 0.773. The summed E-state index contributed by atoms with van der Waals surface area (Å²) in [5, 5.41) is 0. The van der Waals surface area contributed by atoms with E-state index in [4.69, 9.17) is 90.0 Å². The molecule has 0 aromatic carbocycles. The van der Waals surface area contributed by atoms with Gasteiger partial charge in [-0.25, -0.2) is 9.59 Å². The maximum absolute atomic E-state index is 12.3. The van der Waals surface area contributed by atoms with E-state index in [1.807, 2.05) is 34.6 Å². The van der Waals surface area contributed by atoms with Crippen molar-refractivity contribution in [2.24, 2.45) is 16.2 Å². The van der Waals surface area contributed by atoms with E-state index in [9.17, 15) is 62.3 Å². The minimum Gasteiger partial charge on any atom is -0.465 e. The van der Waals surface area contributed by atoms with Crippen LogP contribution >= 0.6 is 112 Å². The molecule has 0 aromatic rings. The number of carbonyl (C=O) groups excluding carboxylic acids is 13. The van der Waals surface area contributed by atoms with E-state index in [1.54, 1.807) is 0 Å². The molecule has 0 N–H and O–H groups in total. The van der Waals surface area contributed by atoms with Gasteiger partial charge in [0.1, 0.15) is 85.9 Å². The van der Waals surface area contributed by atoms with E-state index in [2.05, 4.69) is 102 Å². The van der Waals surface area contributed by atoms with Crippen LogP contribution in [0.1, 0.15) is 125 Å². The number of esters is 13. The van der Waals surface area contributed by atoms with Gasteiger partial charge in [0.25, 0.3) is 0 Å². The van der Waals surface area contributed by atoms with Crippen molar-refractivity contribution < 1.29 is 152 Å². The monoisotopic (exact) mass is 1830 g/mol. The zero-order chi connectivity index (χ0) is 87.6. The van der Waals surface area contributed by atoms with E-state index in [0.717, 1.165) is 12.2 Å². The van der Waals surface area contributed by atoms with Crippen LogP contribution < -0.4 is 0 Å². The summed E-state index contributed by atoms with van der Waals surface area (Å²) >= 11 is 30.9. The molecular formula is C75H128O32S9. The quantitative estimate of drug-likeness (QED) is 0.00997. The third-order valence-corrected chi connectivity index (χ3v) is 18.4. The third-order valence-electron chi connectivity index (χ3n) is 14.9. The summed E-state index contributed by atoms with van der Waals surface area (Å²) in [4.78, 5) is 151. The Kier molecular flexibility index (Phi) is 85.4. The Morgan fingerprint density at radius 2 is 0.405 bits per heavy atom. The molecule has 0 fully saturated rings. The lowest BCUT2D eigenvalue weighted by molar-refractivity contribution is -0.164. The lowest BCUT2D eigenvalue weighted by atomic mass is 9.88. The van der Waals surface area contributed by atoms with Gasteiger partial charge in [0, 0.05) is 88.6 Å². The van der Waals surface area contributed by atoms with Crippen molar-refractivity contribution in [3.63, 3.8) is 0 Å². The van der Waals surface area contributed by atoms with E-state index in [-0.39, 0.29) is 168 Å². The van der Waals surface area contributed by atoms with Gasteiger partial charge in [-0.1, -0.05) is 33.9 Å². The highest BCUT2D eigenvalue weighted by atomic mass is 32.2. The molecule has 32 nitrogen and oxygen atoms in total. The second-order valence-electron chi connectivity index (χ2n) is 24.1. The first kappa shape index (κ1) is 118. The van der Waals surface area contributed by atoms with Crippen molar-refractivity contribution in [2.45, 2.75) is 125 Å². The lowest BCUT2D eigenvalue weighted by Gasteiger charge is -2.31. The number of rotatable bonds is 72. The average molecular weight is 1830 g/mol. The summed E-state index contributed by atoms with van der Waals surface area (Å²) < 4.78 is 98.3. The summed E-state index contributed by atoms with van der Waals surface area (Å²) in [6.45, 7) is 21.5. The van der Waals surface area contributed by atoms with Crippen LogP contribution in [-0.2, 0) is 152 Å². The zero-order valence-electron chi connectivity index (χ0n) is 67.9. The maximum Gasteiger partial charge on any atom is 0.330 e. The molecule has 0 radical (unpaired) electrons. The van der Waals surface area contributed by atoms with E-state index in [0.29, 0.717) is 162 Å². The van der Waals surface area contributed by atoms with Crippen molar-refractivity contribution in [3.05, 3.63) is 25.3 Å². The van der Waals surface area contributed by atoms with E-state index < -0.39 is 81.9 Å². The standard InChI is InChI=1S/C24H42O10S3.C22H38O9S3.C15H26O6S3.C14H22O7/c1-3-24(17-32-20(25)5-13-35,18-33-21(26)6-14-36)19-34-23(28)8-16-37-15-7-22(27)31-12-11-30-10-9-29-4-2;1-3-22(15-29-18(23)5-11-32,16-30-19(24)6-12-33)17-31-21(26)8-14-34-13-7-20(25)28-10-9-27-4-2;1-2-15(9-19-12(16)3-6-22,10-20-13(17)4-7-23)11-21-14(18)5-8-24;1-3-13(15)20-11-9-18-7-5-17-6-8-19-10-12-21-14(16)4-2/h35-36H,3-19H2,1-2H3;32-33H,3-17H2,1-2H3;22-24H,2-11H2,1H3;3-4H,1-2,5-12H2. The van der Waals surface area contributed by atoms with Gasteiger partial charge in [0.2, 0.25) is 0 Å². The van der Waals surface area contributed by atoms with Crippen LogP contribution in [0.5, 0.6) is 0 Å². The third kappa shape index (κ3) is 75.7. The molecule has 0 rings (SSSR count). The highest BCUT2D eigenvalue weighted by Crippen LogP contribution is 2.28. The average Bonchev–Trinajstić information content (AvgIpc) is 0.877. The Labute approximate surface area is 731 Å². The first-order valence-electron chi connectivity index (χ1n) is 38.0. The molecule has 116 heavy (non-hydrogen) atoms. The van der Waals surface area contributed by atoms with Gasteiger partial charge in [-0.2, -0.15) is 112 Å². The minimum absolute atomic E-state index is 0.00157. The lowest BCUT2D eigenvalue weighted by Crippen LogP contribution is -2.39. The first-order chi connectivity index (χ1) is 55.8. The molecule has 0 spiro atoms. The number of ether oxygens (including phenoxy) is 19. The highest BCUT2D eigenvalue weighted by molar-refractivity contribution is 7.99. The van der Waals surface area contributed by atoms with Gasteiger partial charge in [-0.15, -0.1) is 0 Å². The van der Waals surface area contributed by atoms with Gasteiger partial charge >= 0.3 is 77.6 Å². The molecule has 0 aliphatic heterocycles. The number of carbonyl (C=O) groups is 13. The summed E-state index contributed by atoms with van der Waals surface area (Å²) in [6, 6.07) is 0. The van der Waals surface area contributed by atoms with E-state index >= 15 is 0 Å². The predicted molar refractivity (Wildman–Crippen MR) is 460 cm³/mol. The van der Waals surface area contributed by atoms with Crippen molar-refractivity contribution in [1.82, 2.24) is 0 Å². The normalized spacial score (nSPS) is 10.9. The Morgan fingerprint density at radius 1 is 0.241 bits per heavy atom. The van der Waals surface area contributed by atoms with Crippen molar-refractivity contribution in [1.29, 1.82) is 0 Å². The van der Waals surface area contributed by atoms with Crippen LogP contribution in [0.3, 0.4) is 0 Å². The number of hydrogen-bond donors (Lipinski definition) is 7. The summed E-state index contributed by atoms with van der Waals surface area (Å²) in [5.41, 5.74) is -2.46. The molecule has 0 saturated carbocycles. The fourth-order valence-electron chi connectivity index (χ4n) is 7.65. The molecule has 0 aromatic heterocycles. The van der Waals surface area contributed by atoms with Crippen LogP contribution in [0.15, 0.2) is 25.3 Å². The van der Waals surface area contributed by atoms with Crippen molar-refractivity contribution in [3.8, 4) is 0 Å². The Balaban J connectivity index is -0.000000738. The van der Waals surface area contributed by atoms with Crippen LogP contribution in [0.4, 0.5) is 0 Å². The smallest absolute Gasteiger partial charge is 0.330 e. The largest absolute Gasteiger partial charge is 0.465 e. The van der Waals surface area contributed by atoms with Crippen molar-refractivity contribution in [2.75, 3.05) is 228 Å². The SMILES string of the molecule is C=CC(=O)OCCOCCOCCOCCOC(=O)C=C.CCC(COC(=O)CCS)(COC(=O)CCS)COC(=O)CCS.CCOCCOC(=O)CCSCCC(=O)OCC(CC)(COC(=O)CCS)COC(=O)CCS.CCOCCOCCOC(=O)CCSCCC(=O)OCC(CC)(COC(=O)CCS)COC(=O)CCS. The van der Waals surface area contributed by atoms with Gasteiger partial charge in [0.05, 0.1) is 153 Å². The fourth-order valence-corrected chi connectivity index (χ4v) is 10.6. The molecule has 0 amide bonds. The summed E-state index contributed by atoms with van der Waals surface area (Å²) in [7, 11) is 0. The molecule has 0 unspecified atom stereocenters. The van der Waals surface area contributed by atoms with Crippen molar-refractivity contribution >= 4 is 190 Å². The highest BCUT2D eigenvalue weighted by Gasteiger charge is 2.37. The molecule has 0 atom stereocenters. The summed E-state index contributed by atoms with van der Waals surface area (Å²) in [6.07, 6.45) is 5.54. The molecule has 0 heterocycles. The maximum atomic E-state index is 12.3. The van der Waals surface area contributed by atoms with Gasteiger partial charge in [-0.05, 0) is 33.1 Å². The number of thioether (sulfide) groups is 2. The van der Waals surface area contributed by atoms with Gasteiger partial charge in [0.15, 0.2) is 0 Å². The van der Waals surface area contributed by atoms with Crippen LogP contribution in [0.25, 0.3) is 0 Å². The van der Waals surface area contributed by atoms with Crippen LogP contribution in [0, 0.1) is 16.2 Å². The molecule has 41 heteroatoms. The van der Waals surface area contributed by atoms with Crippen LogP contribution in [0.2, 0.25) is 0 Å². The summed E-state index contributed by atoms with van der Waals surface area (Å²) in [5.74, 6) is -0.754. The van der Waals surface area contributed by atoms with Gasteiger partial charge in [-0.3, -0.25) is 52.7 Å². The molecule has 0 saturated heterocycles. The molecule has 0 aliphatic carbocycles.